The molecule has 1 aromatic rings. The number of hydrogen-bond acceptors (Lipinski definition) is 3. The van der Waals surface area contributed by atoms with Crippen LogP contribution in [-0.4, -0.2) is 22.4 Å². The lowest BCUT2D eigenvalue weighted by atomic mass is 9.85. The third-order valence-corrected chi connectivity index (χ3v) is 2.59. The highest BCUT2D eigenvalue weighted by atomic mass is 15.3. The Morgan fingerprint density at radius 3 is 2.67 bits per heavy atom. The van der Waals surface area contributed by atoms with Crippen molar-refractivity contribution in [2.75, 3.05) is 11.9 Å². The monoisotopic (exact) mass is 210 g/mol. The molecule has 0 bridgehead atoms. The van der Waals surface area contributed by atoms with Crippen LogP contribution >= 0.6 is 0 Å². The molecule has 0 saturated carbocycles. The Bertz CT molecular complexity index is 298. The van der Waals surface area contributed by atoms with Gasteiger partial charge in [-0.2, -0.15) is 5.10 Å². The average molecular weight is 210 g/mol. The van der Waals surface area contributed by atoms with Crippen LogP contribution in [0.5, 0.6) is 0 Å². The van der Waals surface area contributed by atoms with Crippen molar-refractivity contribution in [1.82, 2.24) is 9.78 Å². The molecule has 15 heavy (non-hydrogen) atoms. The van der Waals surface area contributed by atoms with Crippen LogP contribution in [0.3, 0.4) is 0 Å². The second kappa shape index (κ2) is 4.66. The van der Waals surface area contributed by atoms with Gasteiger partial charge in [0.15, 0.2) is 0 Å². The Balaban J connectivity index is 2.28. The summed E-state index contributed by atoms with van der Waals surface area (Å²) in [6.45, 7) is 7.37. The normalized spacial score (nSPS) is 13.9. The molecule has 4 heteroatoms. The lowest BCUT2D eigenvalue weighted by Crippen LogP contribution is -2.36. The van der Waals surface area contributed by atoms with E-state index in [4.69, 9.17) is 5.73 Å². The van der Waals surface area contributed by atoms with E-state index in [2.05, 4.69) is 31.2 Å². The maximum absolute atomic E-state index is 6.05. The number of hydrogen-bond donors (Lipinski definition) is 2. The van der Waals surface area contributed by atoms with Crippen LogP contribution in [0.25, 0.3) is 0 Å². The van der Waals surface area contributed by atoms with Crippen LogP contribution < -0.4 is 11.1 Å². The summed E-state index contributed by atoms with van der Waals surface area (Å²) in [6, 6.07) is 2.18. The fourth-order valence-electron chi connectivity index (χ4n) is 1.30. The SMILES string of the molecule is Cn1ccc(NCCC(N)C(C)(C)C)n1. The van der Waals surface area contributed by atoms with E-state index in [0.29, 0.717) is 0 Å². The fraction of sp³-hybridized carbons (Fsp3) is 0.727. The van der Waals surface area contributed by atoms with Crippen LogP contribution in [0.1, 0.15) is 27.2 Å². The van der Waals surface area contributed by atoms with Crippen molar-refractivity contribution in [1.29, 1.82) is 0 Å². The number of aryl methyl sites for hydroxylation is 1. The second-order valence-corrected chi connectivity index (χ2v) is 5.06. The summed E-state index contributed by atoms with van der Waals surface area (Å²) in [4.78, 5) is 0. The summed E-state index contributed by atoms with van der Waals surface area (Å²) >= 11 is 0. The first-order valence-electron chi connectivity index (χ1n) is 5.38. The van der Waals surface area contributed by atoms with Gasteiger partial charge in [0, 0.05) is 31.9 Å². The molecule has 0 spiro atoms. The Morgan fingerprint density at radius 1 is 1.53 bits per heavy atom. The van der Waals surface area contributed by atoms with Gasteiger partial charge in [-0.1, -0.05) is 20.8 Å². The Morgan fingerprint density at radius 2 is 2.20 bits per heavy atom. The van der Waals surface area contributed by atoms with Crippen molar-refractivity contribution < 1.29 is 0 Å². The standard InChI is InChI=1S/C11H22N4/c1-11(2,3)9(12)5-7-13-10-6-8-15(4)14-10/h6,8-9H,5,7,12H2,1-4H3,(H,13,14). The van der Waals surface area contributed by atoms with Gasteiger partial charge in [0.05, 0.1) is 0 Å². The molecule has 4 nitrogen and oxygen atoms in total. The molecule has 1 aromatic heterocycles. The van der Waals surface area contributed by atoms with Crippen molar-refractivity contribution in [3.05, 3.63) is 12.3 Å². The van der Waals surface area contributed by atoms with Crippen LogP contribution in [0.2, 0.25) is 0 Å². The van der Waals surface area contributed by atoms with Gasteiger partial charge in [0.1, 0.15) is 5.82 Å². The van der Waals surface area contributed by atoms with Gasteiger partial charge in [0.2, 0.25) is 0 Å². The molecule has 0 saturated heterocycles. The predicted molar refractivity (Wildman–Crippen MR) is 63.7 cm³/mol. The fourth-order valence-corrected chi connectivity index (χ4v) is 1.30. The van der Waals surface area contributed by atoms with Gasteiger partial charge in [0.25, 0.3) is 0 Å². The van der Waals surface area contributed by atoms with E-state index in [9.17, 15) is 0 Å². The molecule has 0 aliphatic heterocycles. The molecule has 1 unspecified atom stereocenters. The van der Waals surface area contributed by atoms with E-state index in [-0.39, 0.29) is 11.5 Å². The number of aromatic nitrogens is 2. The smallest absolute Gasteiger partial charge is 0.147 e. The highest BCUT2D eigenvalue weighted by Gasteiger charge is 2.19. The summed E-state index contributed by atoms with van der Waals surface area (Å²) in [5, 5.41) is 7.49. The zero-order valence-electron chi connectivity index (χ0n) is 10.1. The van der Waals surface area contributed by atoms with E-state index in [1.165, 1.54) is 0 Å². The lowest BCUT2D eigenvalue weighted by Gasteiger charge is -2.26. The number of rotatable bonds is 4. The summed E-state index contributed by atoms with van der Waals surface area (Å²) in [5.41, 5.74) is 6.23. The number of anilines is 1. The maximum Gasteiger partial charge on any atom is 0.147 e. The molecule has 86 valence electrons. The Labute approximate surface area is 91.8 Å². The van der Waals surface area contributed by atoms with Crippen molar-refractivity contribution in [3.63, 3.8) is 0 Å². The minimum absolute atomic E-state index is 0.172. The van der Waals surface area contributed by atoms with E-state index < -0.39 is 0 Å². The lowest BCUT2D eigenvalue weighted by molar-refractivity contribution is 0.310. The largest absolute Gasteiger partial charge is 0.369 e. The molecule has 0 aliphatic rings. The minimum Gasteiger partial charge on any atom is -0.369 e. The van der Waals surface area contributed by atoms with Crippen molar-refractivity contribution in [2.24, 2.45) is 18.2 Å². The van der Waals surface area contributed by atoms with Gasteiger partial charge in [-0.3, -0.25) is 4.68 Å². The zero-order valence-corrected chi connectivity index (χ0v) is 10.1. The number of nitrogens with one attached hydrogen (secondary N) is 1. The van der Waals surface area contributed by atoms with Gasteiger partial charge in [-0.15, -0.1) is 0 Å². The molecule has 0 radical (unpaired) electrons. The summed E-state index contributed by atoms with van der Waals surface area (Å²) in [7, 11) is 1.91. The molecule has 0 amide bonds. The molecule has 1 atom stereocenters. The van der Waals surface area contributed by atoms with Gasteiger partial charge in [-0.05, 0) is 11.8 Å². The summed E-state index contributed by atoms with van der Waals surface area (Å²) in [6.07, 6.45) is 2.88. The molecule has 1 heterocycles. The Hall–Kier alpha value is -1.03. The molecule has 0 aliphatic carbocycles. The van der Waals surface area contributed by atoms with Crippen LogP contribution in [0, 0.1) is 5.41 Å². The third-order valence-electron chi connectivity index (χ3n) is 2.59. The van der Waals surface area contributed by atoms with Gasteiger partial charge in [-0.25, -0.2) is 0 Å². The quantitative estimate of drug-likeness (QED) is 0.793. The molecule has 1 rings (SSSR count). The first kappa shape index (κ1) is 12.0. The van der Waals surface area contributed by atoms with Crippen LogP contribution in [0.15, 0.2) is 12.3 Å². The van der Waals surface area contributed by atoms with Gasteiger partial charge >= 0.3 is 0 Å². The predicted octanol–water partition coefficient (Wildman–Crippen LogP) is 1.60. The van der Waals surface area contributed by atoms with Crippen LogP contribution in [-0.2, 0) is 7.05 Å². The molecule has 0 aromatic carbocycles. The molecular weight excluding hydrogens is 188 g/mol. The van der Waals surface area contributed by atoms with Crippen molar-refractivity contribution >= 4 is 5.82 Å². The first-order chi connectivity index (χ1) is 6.89. The topological polar surface area (TPSA) is 55.9 Å². The number of nitrogens with two attached hydrogens (primary N) is 1. The summed E-state index contributed by atoms with van der Waals surface area (Å²) in [5.74, 6) is 0.915. The van der Waals surface area contributed by atoms with Crippen molar-refractivity contribution in [2.45, 2.75) is 33.2 Å². The average Bonchev–Trinajstić information content (AvgIpc) is 2.49. The van der Waals surface area contributed by atoms with E-state index >= 15 is 0 Å². The van der Waals surface area contributed by atoms with E-state index in [1.807, 2.05) is 19.3 Å². The molecule has 0 fully saturated rings. The third kappa shape index (κ3) is 3.91. The molecule has 3 N–H and O–H groups in total. The highest BCUT2D eigenvalue weighted by Crippen LogP contribution is 2.19. The number of nitrogens with zero attached hydrogens (tertiary/aromatic N) is 2. The second-order valence-electron chi connectivity index (χ2n) is 5.06. The van der Waals surface area contributed by atoms with E-state index in [1.54, 1.807) is 4.68 Å². The van der Waals surface area contributed by atoms with Crippen molar-refractivity contribution in [3.8, 4) is 0 Å². The van der Waals surface area contributed by atoms with E-state index in [0.717, 1.165) is 18.8 Å². The van der Waals surface area contributed by atoms with Crippen LogP contribution in [0.4, 0.5) is 5.82 Å². The first-order valence-corrected chi connectivity index (χ1v) is 5.38. The van der Waals surface area contributed by atoms with Gasteiger partial charge < -0.3 is 11.1 Å². The highest BCUT2D eigenvalue weighted by molar-refractivity contribution is 5.31. The Kier molecular flexibility index (Phi) is 3.74. The minimum atomic E-state index is 0.172. The molecular formula is C11H22N4. The maximum atomic E-state index is 6.05. The zero-order chi connectivity index (χ0) is 11.5. The summed E-state index contributed by atoms with van der Waals surface area (Å²) < 4.78 is 1.78.